The number of hydrogen-bond acceptors (Lipinski definition) is 4. The lowest BCUT2D eigenvalue weighted by atomic mass is 10.2. The Hall–Kier alpha value is -2.73. The molecule has 0 unspecified atom stereocenters. The van der Waals surface area contributed by atoms with E-state index in [-0.39, 0.29) is 30.9 Å². The van der Waals surface area contributed by atoms with Crippen LogP contribution in [-0.2, 0) is 4.79 Å². The van der Waals surface area contributed by atoms with Crippen molar-refractivity contribution in [2.75, 3.05) is 19.0 Å². The third-order valence-corrected chi connectivity index (χ3v) is 5.04. The Balaban J connectivity index is 1.50. The molecule has 154 valence electrons. The van der Waals surface area contributed by atoms with Crippen molar-refractivity contribution < 1.29 is 19.1 Å². The number of anilines is 1. The maximum atomic E-state index is 12.2. The van der Waals surface area contributed by atoms with E-state index in [0.717, 1.165) is 12.8 Å². The molecule has 6 nitrogen and oxygen atoms in total. The molecule has 2 N–H and O–H groups in total. The maximum absolute atomic E-state index is 12.2. The SMILES string of the molecule is COc1ccc(NC(=O)CCNC(=O)c2ccc(Cl)cc2)cc1OC1CCCC1. The van der Waals surface area contributed by atoms with Crippen LogP contribution in [0.5, 0.6) is 11.5 Å². The van der Waals surface area contributed by atoms with E-state index in [1.54, 1.807) is 49.6 Å². The van der Waals surface area contributed by atoms with Gasteiger partial charge in [-0.05, 0) is 62.1 Å². The maximum Gasteiger partial charge on any atom is 0.251 e. The predicted octanol–water partition coefficient (Wildman–Crippen LogP) is 4.43. The van der Waals surface area contributed by atoms with E-state index < -0.39 is 0 Å². The minimum absolute atomic E-state index is 0.157. The van der Waals surface area contributed by atoms with Crippen molar-refractivity contribution in [2.45, 2.75) is 38.2 Å². The number of nitrogens with one attached hydrogen (secondary N) is 2. The number of methoxy groups -OCH3 is 1. The number of halogens is 1. The van der Waals surface area contributed by atoms with Crippen LogP contribution in [0.4, 0.5) is 5.69 Å². The second kappa shape index (κ2) is 10.2. The van der Waals surface area contributed by atoms with Crippen LogP contribution in [0.25, 0.3) is 0 Å². The Morgan fingerprint density at radius 3 is 2.48 bits per heavy atom. The van der Waals surface area contributed by atoms with Gasteiger partial charge in [-0.15, -0.1) is 0 Å². The van der Waals surface area contributed by atoms with E-state index in [0.29, 0.717) is 27.8 Å². The summed E-state index contributed by atoms with van der Waals surface area (Å²) < 4.78 is 11.4. The number of carbonyl (C=O) groups excluding carboxylic acids is 2. The van der Waals surface area contributed by atoms with Gasteiger partial charge in [0.15, 0.2) is 11.5 Å². The molecular weight excluding hydrogens is 392 g/mol. The highest BCUT2D eigenvalue weighted by Gasteiger charge is 2.19. The molecule has 1 aliphatic carbocycles. The van der Waals surface area contributed by atoms with Crippen LogP contribution >= 0.6 is 11.6 Å². The lowest BCUT2D eigenvalue weighted by Crippen LogP contribution is -2.27. The molecule has 0 spiro atoms. The van der Waals surface area contributed by atoms with Crippen molar-refractivity contribution in [3.63, 3.8) is 0 Å². The Labute approximate surface area is 175 Å². The zero-order valence-corrected chi connectivity index (χ0v) is 17.1. The van der Waals surface area contributed by atoms with Gasteiger partial charge in [0.2, 0.25) is 5.91 Å². The number of ether oxygens (including phenoxy) is 2. The zero-order valence-electron chi connectivity index (χ0n) is 16.4. The molecule has 2 aromatic rings. The Morgan fingerprint density at radius 2 is 1.79 bits per heavy atom. The van der Waals surface area contributed by atoms with E-state index in [1.807, 2.05) is 0 Å². The highest BCUT2D eigenvalue weighted by molar-refractivity contribution is 6.30. The molecular formula is C22H25ClN2O4. The van der Waals surface area contributed by atoms with Crippen molar-refractivity contribution >= 4 is 29.1 Å². The molecule has 2 aromatic carbocycles. The van der Waals surface area contributed by atoms with Crippen molar-refractivity contribution in [3.8, 4) is 11.5 Å². The standard InChI is InChI=1S/C22H25ClN2O4/c1-28-19-11-10-17(14-20(19)29-18-4-2-3-5-18)25-21(26)12-13-24-22(27)15-6-8-16(23)9-7-15/h6-11,14,18H,2-5,12-13H2,1H3,(H,24,27)(H,25,26). The Morgan fingerprint density at radius 1 is 1.07 bits per heavy atom. The topological polar surface area (TPSA) is 76.7 Å². The van der Waals surface area contributed by atoms with E-state index in [2.05, 4.69) is 10.6 Å². The summed E-state index contributed by atoms with van der Waals surface area (Å²) in [5.41, 5.74) is 1.13. The normalized spacial score (nSPS) is 13.7. The van der Waals surface area contributed by atoms with Crippen molar-refractivity contribution in [1.82, 2.24) is 5.32 Å². The lowest BCUT2D eigenvalue weighted by Gasteiger charge is -2.17. The Kier molecular flexibility index (Phi) is 7.36. The quantitative estimate of drug-likeness (QED) is 0.667. The Bertz CT molecular complexity index is 848. The van der Waals surface area contributed by atoms with Gasteiger partial charge in [0.05, 0.1) is 13.2 Å². The monoisotopic (exact) mass is 416 g/mol. The van der Waals surface area contributed by atoms with Gasteiger partial charge in [-0.2, -0.15) is 0 Å². The summed E-state index contributed by atoms with van der Waals surface area (Å²) in [6, 6.07) is 11.9. The summed E-state index contributed by atoms with van der Waals surface area (Å²) in [5, 5.41) is 6.13. The summed E-state index contributed by atoms with van der Waals surface area (Å²) in [6.07, 6.45) is 4.76. The van der Waals surface area contributed by atoms with Crippen LogP contribution in [-0.4, -0.2) is 31.6 Å². The van der Waals surface area contributed by atoms with E-state index in [1.165, 1.54) is 12.8 Å². The molecule has 3 rings (SSSR count). The van der Waals surface area contributed by atoms with Crippen LogP contribution in [0.15, 0.2) is 42.5 Å². The van der Waals surface area contributed by atoms with E-state index in [9.17, 15) is 9.59 Å². The molecule has 2 amide bonds. The van der Waals surface area contributed by atoms with Gasteiger partial charge in [0.25, 0.3) is 5.91 Å². The third kappa shape index (κ3) is 6.12. The summed E-state index contributed by atoms with van der Waals surface area (Å²) in [7, 11) is 1.60. The van der Waals surface area contributed by atoms with Crippen LogP contribution in [0.2, 0.25) is 5.02 Å². The minimum atomic E-state index is -0.244. The highest BCUT2D eigenvalue weighted by Crippen LogP contribution is 2.33. The van der Waals surface area contributed by atoms with Crippen LogP contribution in [0, 0.1) is 0 Å². The van der Waals surface area contributed by atoms with Crippen LogP contribution < -0.4 is 20.1 Å². The number of hydrogen-bond donors (Lipinski definition) is 2. The molecule has 1 fully saturated rings. The molecule has 0 atom stereocenters. The summed E-state index contributed by atoms with van der Waals surface area (Å²) >= 11 is 5.82. The largest absolute Gasteiger partial charge is 0.493 e. The second-order valence-electron chi connectivity index (χ2n) is 6.95. The molecule has 0 radical (unpaired) electrons. The summed E-state index contributed by atoms with van der Waals surface area (Å²) in [4.78, 5) is 24.3. The molecule has 0 saturated heterocycles. The molecule has 0 bridgehead atoms. The molecule has 7 heteroatoms. The van der Waals surface area contributed by atoms with Gasteiger partial charge in [-0.3, -0.25) is 9.59 Å². The first-order valence-electron chi connectivity index (χ1n) is 9.73. The minimum Gasteiger partial charge on any atom is -0.493 e. The molecule has 1 aliphatic rings. The van der Waals surface area contributed by atoms with Gasteiger partial charge in [0.1, 0.15) is 0 Å². The van der Waals surface area contributed by atoms with Gasteiger partial charge < -0.3 is 20.1 Å². The molecule has 1 saturated carbocycles. The third-order valence-electron chi connectivity index (χ3n) is 4.79. The average Bonchev–Trinajstić information content (AvgIpc) is 3.22. The average molecular weight is 417 g/mol. The lowest BCUT2D eigenvalue weighted by molar-refractivity contribution is -0.116. The first-order valence-corrected chi connectivity index (χ1v) is 10.1. The van der Waals surface area contributed by atoms with Gasteiger partial charge in [-0.1, -0.05) is 11.6 Å². The van der Waals surface area contributed by atoms with Gasteiger partial charge in [0, 0.05) is 35.3 Å². The highest BCUT2D eigenvalue weighted by atomic mass is 35.5. The van der Waals surface area contributed by atoms with Crippen molar-refractivity contribution in [1.29, 1.82) is 0 Å². The van der Waals surface area contributed by atoms with Crippen LogP contribution in [0.1, 0.15) is 42.5 Å². The van der Waals surface area contributed by atoms with Gasteiger partial charge in [-0.25, -0.2) is 0 Å². The van der Waals surface area contributed by atoms with Crippen molar-refractivity contribution in [2.24, 2.45) is 0 Å². The second-order valence-corrected chi connectivity index (χ2v) is 7.39. The van der Waals surface area contributed by atoms with Crippen molar-refractivity contribution in [3.05, 3.63) is 53.1 Å². The first-order chi connectivity index (χ1) is 14.0. The van der Waals surface area contributed by atoms with Crippen LogP contribution in [0.3, 0.4) is 0 Å². The fourth-order valence-electron chi connectivity index (χ4n) is 3.25. The predicted molar refractivity (Wildman–Crippen MR) is 113 cm³/mol. The molecule has 29 heavy (non-hydrogen) atoms. The zero-order chi connectivity index (χ0) is 20.6. The smallest absolute Gasteiger partial charge is 0.251 e. The molecule has 0 aromatic heterocycles. The summed E-state index contributed by atoms with van der Waals surface area (Å²) in [5.74, 6) is 0.836. The summed E-state index contributed by atoms with van der Waals surface area (Å²) in [6.45, 7) is 0.231. The number of carbonyl (C=O) groups is 2. The number of amides is 2. The molecule has 0 aliphatic heterocycles. The van der Waals surface area contributed by atoms with Gasteiger partial charge >= 0.3 is 0 Å². The number of rotatable bonds is 8. The van der Waals surface area contributed by atoms with E-state index >= 15 is 0 Å². The van der Waals surface area contributed by atoms with E-state index in [4.69, 9.17) is 21.1 Å². The number of benzene rings is 2. The molecule has 0 heterocycles. The first kappa shape index (κ1) is 21.0. The fourth-order valence-corrected chi connectivity index (χ4v) is 3.37. The fraction of sp³-hybridized carbons (Fsp3) is 0.364.